The Bertz CT molecular complexity index is 686. The number of benzene rings is 2. The highest BCUT2D eigenvalue weighted by molar-refractivity contribution is 9.10. The SMILES string of the molecule is Cc1ccc(N)c(NC(=O)c2cc(F)ccc2Br)c1C. The van der Waals surface area contributed by atoms with Crippen LogP contribution >= 0.6 is 15.9 Å². The largest absolute Gasteiger partial charge is 0.397 e. The van der Waals surface area contributed by atoms with Crippen molar-refractivity contribution in [3.8, 4) is 0 Å². The molecule has 0 atom stereocenters. The fraction of sp³-hybridized carbons (Fsp3) is 0.133. The van der Waals surface area contributed by atoms with Crippen LogP contribution in [-0.2, 0) is 0 Å². The van der Waals surface area contributed by atoms with Crippen LogP contribution in [0.1, 0.15) is 21.5 Å². The Morgan fingerprint density at radius 2 is 1.95 bits per heavy atom. The summed E-state index contributed by atoms with van der Waals surface area (Å²) >= 11 is 3.24. The number of halogens is 2. The van der Waals surface area contributed by atoms with Gasteiger partial charge in [0.25, 0.3) is 5.91 Å². The van der Waals surface area contributed by atoms with Crippen molar-refractivity contribution < 1.29 is 9.18 Å². The summed E-state index contributed by atoms with van der Waals surface area (Å²) in [5, 5.41) is 2.74. The van der Waals surface area contributed by atoms with Crippen molar-refractivity contribution in [1.29, 1.82) is 0 Å². The summed E-state index contributed by atoms with van der Waals surface area (Å²) in [6, 6.07) is 7.58. The van der Waals surface area contributed by atoms with Crippen LogP contribution in [0.3, 0.4) is 0 Å². The lowest BCUT2D eigenvalue weighted by Crippen LogP contribution is -2.15. The summed E-state index contributed by atoms with van der Waals surface area (Å²) in [7, 11) is 0. The second-order valence-corrected chi connectivity index (χ2v) is 5.40. The van der Waals surface area contributed by atoms with Gasteiger partial charge in [-0.1, -0.05) is 6.07 Å². The van der Waals surface area contributed by atoms with Crippen LogP contribution in [0.5, 0.6) is 0 Å². The Morgan fingerprint density at radius 3 is 2.65 bits per heavy atom. The zero-order valence-corrected chi connectivity index (χ0v) is 12.7. The average Bonchev–Trinajstić information content (AvgIpc) is 2.41. The molecule has 2 aromatic rings. The summed E-state index contributed by atoms with van der Waals surface area (Å²) in [4.78, 5) is 12.2. The Labute approximate surface area is 125 Å². The second kappa shape index (κ2) is 5.63. The molecule has 0 unspecified atom stereocenters. The average molecular weight is 337 g/mol. The number of rotatable bonds is 2. The molecule has 0 radical (unpaired) electrons. The zero-order valence-electron chi connectivity index (χ0n) is 11.1. The molecule has 0 aromatic heterocycles. The van der Waals surface area contributed by atoms with Crippen LogP contribution in [0, 0.1) is 19.7 Å². The molecule has 0 bridgehead atoms. The number of hydrogen-bond acceptors (Lipinski definition) is 2. The fourth-order valence-electron chi connectivity index (χ4n) is 1.86. The van der Waals surface area contributed by atoms with E-state index in [2.05, 4.69) is 21.2 Å². The fourth-order valence-corrected chi connectivity index (χ4v) is 2.28. The van der Waals surface area contributed by atoms with Gasteiger partial charge in [-0.25, -0.2) is 4.39 Å². The third-order valence-electron chi connectivity index (χ3n) is 3.18. The topological polar surface area (TPSA) is 55.1 Å². The highest BCUT2D eigenvalue weighted by Gasteiger charge is 2.14. The standard InChI is InChI=1S/C15H14BrFN2O/c1-8-3-6-13(18)14(9(8)2)19-15(20)11-7-10(17)4-5-12(11)16/h3-7H,18H2,1-2H3,(H,19,20). The third-order valence-corrected chi connectivity index (χ3v) is 3.87. The smallest absolute Gasteiger partial charge is 0.256 e. The van der Waals surface area contributed by atoms with Gasteiger partial charge >= 0.3 is 0 Å². The van der Waals surface area contributed by atoms with Gasteiger partial charge in [-0.3, -0.25) is 4.79 Å². The summed E-state index contributed by atoms with van der Waals surface area (Å²) < 4.78 is 13.8. The van der Waals surface area contributed by atoms with Crippen LogP contribution in [0.15, 0.2) is 34.8 Å². The predicted octanol–water partition coefficient (Wildman–Crippen LogP) is 4.04. The molecule has 0 heterocycles. The van der Waals surface area contributed by atoms with Gasteiger partial charge in [0.2, 0.25) is 0 Å². The van der Waals surface area contributed by atoms with Crippen molar-refractivity contribution in [2.75, 3.05) is 11.1 Å². The van der Waals surface area contributed by atoms with Crippen LogP contribution in [0.25, 0.3) is 0 Å². The van der Waals surface area contributed by atoms with E-state index in [1.54, 1.807) is 6.07 Å². The van der Waals surface area contributed by atoms with E-state index >= 15 is 0 Å². The molecule has 0 saturated carbocycles. The first-order valence-corrected chi connectivity index (χ1v) is 6.81. The minimum Gasteiger partial charge on any atom is -0.397 e. The van der Waals surface area contributed by atoms with Gasteiger partial charge in [-0.2, -0.15) is 0 Å². The molecule has 0 aliphatic rings. The van der Waals surface area contributed by atoms with Crippen molar-refractivity contribution in [3.05, 3.63) is 57.3 Å². The Kier molecular flexibility index (Phi) is 4.09. The molecular weight excluding hydrogens is 323 g/mol. The first kappa shape index (κ1) is 14.5. The highest BCUT2D eigenvalue weighted by Crippen LogP contribution is 2.27. The number of anilines is 2. The number of aryl methyl sites for hydroxylation is 1. The van der Waals surface area contributed by atoms with Crippen LogP contribution in [0.4, 0.5) is 15.8 Å². The molecular formula is C15H14BrFN2O. The van der Waals surface area contributed by atoms with E-state index in [0.717, 1.165) is 11.1 Å². The van der Waals surface area contributed by atoms with E-state index in [-0.39, 0.29) is 5.56 Å². The molecule has 0 fully saturated rings. The van der Waals surface area contributed by atoms with Crippen LogP contribution < -0.4 is 11.1 Å². The quantitative estimate of drug-likeness (QED) is 0.813. The molecule has 5 heteroatoms. The number of carbonyl (C=O) groups is 1. The van der Waals surface area contributed by atoms with E-state index in [9.17, 15) is 9.18 Å². The number of amides is 1. The molecule has 0 spiro atoms. The van der Waals surface area contributed by atoms with Crippen molar-refractivity contribution in [3.63, 3.8) is 0 Å². The van der Waals surface area contributed by atoms with Crippen LogP contribution in [-0.4, -0.2) is 5.91 Å². The zero-order chi connectivity index (χ0) is 14.9. The molecule has 0 aliphatic carbocycles. The van der Waals surface area contributed by atoms with Gasteiger partial charge in [0, 0.05) is 4.47 Å². The number of nitrogen functional groups attached to an aromatic ring is 1. The minimum absolute atomic E-state index is 0.227. The summed E-state index contributed by atoms with van der Waals surface area (Å²) in [6.45, 7) is 3.81. The van der Waals surface area contributed by atoms with E-state index in [1.807, 2.05) is 19.9 Å². The Balaban J connectivity index is 2.38. The van der Waals surface area contributed by atoms with Gasteiger partial charge < -0.3 is 11.1 Å². The van der Waals surface area contributed by atoms with E-state index < -0.39 is 11.7 Å². The predicted molar refractivity (Wildman–Crippen MR) is 82.4 cm³/mol. The van der Waals surface area contributed by atoms with Gasteiger partial charge in [-0.15, -0.1) is 0 Å². The van der Waals surface area contributed by atoms with Gasteiger partial charge in [0.1, 0.15) is 5.82 Å². The molecule has 0 aliphatic heterocycles. The minimum atomic E-state index is -0.465. The number of nitrogens with one attached hydrogen (secondary N) is 1. The van der Waals surface area contributed by atoms with E-state index in [1.165, 1.54) is 18.2 Å². The first-order valence-electron chi connectivity index (χ1n) is 6.02. The lowest BCUT2D eigenvalue weighted by atomic mass is 10.1. The van der Waals surface area contributed by atoms with Crippen molar-refractivity contribution in [2.24, 2.45) is 0 Å². The molecule has 3 nitrogen and oxygen atoms in total. The maximum Gasteiger partial charge on any atom is 0.256 e. The highest BCUT2D eigenvalue weighted by atomic mass is 79.9. The molecule has 0 saturated heterocycles. The summed E-state index contributed by atoms with van der Waals surface area (Å²) in [5.41, 5.74) is 9.07. The first-order chi connectivity index (χ1) is 9.40. The molecule has 104 valence electrons. The van der Waals surface area contributed by atoms with E-state index in [4.69, 9.17) is 5.73 Å². The second-order valence-electron chi connectivity index (χ2n) is 4.55. The van der Waals surface area contributed by atoms with Crippen molar-refractivity contribution in [1.82, 2.24) is 0 Å². The van der Waals surface area contributed by atoms with Gasteiger partial charge in [0.05, 0.1) is 16.9 Å². The maximum atomic E-state index is 13.2. The molecule has 2 rings (SSSR count). The molecule has 20 heavy (non-hydrogen) atoms. The Hall–Kier alpha value is -1.88. The van der Waals surface area contributed by atoms with E-state index in [0.29, 0.717) is 15.8 Å². The monoisotopic (exact) mass is 336 g/mol. The molecule has 3 N–H and O–H groups in total. The van der Waals surface area contributed by atoms with Crippen LogP contribution in [0.2, 0.25) is 0 Å². The lowest BCUT2D eigenvalue weighted by molar-refractivity contribution is 0.102. The third kappa shape index (κ3) is 2.82. The molecule has 2 aromatic carbocycles. The van der Waals surface area contributed by atoms with Gasteiger partial charge in [-0.05, 0) is 65.2 Å². The summed E-state index contributed by atoms with van der Waals surface area (Å²) in [6.07, 6.45) is 0. The number of hydrogen-bond donors (Lipinski definition) is 2. The lowest BCUT2D eigenvalue weighted by Gasteiger charge is -2.14. The molecule has 1 amide bonds. The van der Waals surface area contributed by atoms with Crippen molar-refractivity contribution in [2.45, 2.75) is 13.8 Å². The van der Waals surface area contributed by atoms with Crippen molar-refractivity contribution >= 4 is 33.2 Å². The number of carbonyl (C=O) groups excluding carboxylic acids is 1. The summed E-state index contributed by atoms with van der Waals surface area (Å²) in [5.74, 6) is -0.871. The Morgan fingerprint density at radius 1 is 1.25 bits per heavy atom. The van der Waals surface area contributed by atoms with Gasteiger partial charge in [0.15, 0.2) is 0 Å². The number of nitrogens with two attached hydrogens (primary N) is 1. The normalized spacial score (nSPS) is 10.4. The maximum absolute atomic E-state index is 13.2.